The van der Waals surface area contributed by atoms with Gasteiger partial charge in [0.15, 0.2) is 17.4 Å². The quantitative estimate of drug-likeness (QED) is 0.337. The number of rotatable bonds is 0. The predicted octanol–water partition coefficient (Wildman–Crippen LogP) is -2.13. The summed E-state index contributed by atoms with van der Waals surface area (Å²) in [5, 5.41) is 0. The van der Waals surface area contributed by atoms with E-state index < -0.39 is 0 Å². The zero-order valence-corrected chi connectivity index (χ0v) is 2.37. The average molecular weight is 120 g/mol. The first-order chi connectivity index (χ1) is 1.00. The van der Waals surface area contributed by atoms with Crippen LogP contribution in [0.2, 0.25) is 0 Å². The molecule has 0 aromatic heterocycles. The van der Waals surface area contributed by atoms with Crippen LogP contribution in [-0.2, 0) is 19.8 Å². The standard InChI is InChI=1S/Al.Fe.H2O.O.3H/h;;1H2;;;;. The Labute approximate surface area is 43.0 Å². The van der Waals surface area contributed by atoms with Crippen LogP contribution in [0.25, 0.3) is 0 Å². The van der Waals surface area contributed by atoms with Crippen LogP contribution in [0, 0.1) is 0 Å². The Kier molecular flexibility index (Phi) is 243. The van der Waals surface area contributed by atoms with Gasteiger partial charge in [-0.1, -0.05) is 0 Å². The summed E-state index contributed by atoms with van der Waals surface area (Å²) in [6.45, 7) is 0. The Balaban J connectivity index is -0.00000000500. The molecule has 0 unspecified atom stereocenters. The molecule has 0 saturated heterocycles. The van der Waals surface area contributed by atoms with E-state index in [0.717, 1.165) is 0 Å². The van der Waals surface area contributed by atoms with Crippen LogP contribution < -0.4 is 0 Å². The Morgan fingerprint density at radius 2 is 1.25 bits per heavy atom. The fourth-order valence-corrected chi connectivity index (χ4v) is 0. The Morgan fingerprint density at radius 3 is 1.25 bits per heavy atom. The maximum absolute atomic E-state index is 8.00. The third kappa shape index (κ3) is 14.0. The van der Waals surface area contributed by atoms with Crippen LogP contribution in [0.3, 0.4) is 0 Å². The van der Waals surface area contributed by atoms with E-state index in [0.29, 0.717) is 0 Å². The average Bonchev–Trinajstić information content (AvgIpc) is 1.00. The molecular formula is H5AlFeO2. The van der Waals surface area contributed by atoms with Gasteiger partial charge < -0.3 is 5.48 Å². The number of hydrogen-bond donors (Lipinski definition) is 0. The molecule has 0 aromatic rings. The summed E-state index contributed by atoms with van der Waals surface area (Å²) in [6, 6.07) is 0. The molecule has 0 rings (SSSR count). The second-order valence-corrected chi connectivity index (χ2v) is 0. The van der Waals surface area contributed by atoms with Gasteiger partial charge in [-0.3, -0.25) is 0 Å². The minimum atomic E-state index is 0. The van der Waals surface area contributed by atoms with Crippen molar-refractivity contribution in [2.45, 2.75) is 0 Å². The van der Waals surface area contributed by atoms with Gasteiger partial charge in [0, 0.05) is 0 Å². The molecule has 0 heterocycles. The predicted molar refractivity (Wildman–Crippen MR) is 14.2 cm³/mol. The molecular weight excluding hydrogens is 115 g/mol. The van der Waals surface area contributed by atoms with Crippen LogP contribution in [0.4, 0.5) is 0 Å². The van der Waals surface area contributed by atoms with Gasteiger partial charge in [0.1, 0.15) is 0 Å². The molecule has 0 aromatic carbocycles. The van der Waals surface area contributed by atoms with Crippen molar-refractivity contribution >= 4 is 17.4 Å². The summed E-state index contributed by atoms with van der Waals surface area (Å²) < 4.78 is 8.00. The van der Waals surface area contributed by atoms with Gasteiger partial charge in [0.25, 0.3) is 0 Å². The molecule has 0 fully saturated rings. The summed E-state index contributed by atoms with van der Waals surface area (Å²) in [7, 11) is 0. The van der Waals surface area contributed by atoms with E-state index in [1.807, 2.05) is 15.9 Å². The normalized spacial score (nSPS) is 1.25. The van der Waals surface area contributed by atoms with Crippen LogP contribution in [0.15, 0.2) is 0 Å². The van der Waals surface area contributed by atoms with E-state index in [4.69, 9.17) is 3.83 Å². The van der Waals surface area contributed by atoms with Crippen molar-refractivity contribution in [3.63, 3.8) is 0 Å². The molecule has 2 N–H and O–H groups in total. The van der Waals surface area contributed by atoms with Gasteiger partial charge in [0.2, 0.25) is 0 Å². The fraction of sp³-hybridized carbons (Fsp3) is 0. The van der Waals surface area contributed by atoms with Crippen LogP contribution in [-0.4, -0.2) is 22.8 Å². The molecule has 2 nitrogen and oxygen atoms in total. The number of hydrogen-bond acceptors (Lipinski definition) is 1. The van der Waals surface area contributed by atoms with Crippen molar-refractivity contribution in [1.29, 1.82) is 0 Å². The van der Waals surface area contributed by atoms with Gasteiger partial charge in [-0.25, -0.2) is 0 Å². The molecule has 0 saturated carbocycles. The molecule has 4 heteroatoms. The van der Waals surface area contributed by atoms with Crippen molar-refractivity contribution in [1.82, 2.24) is 0 Å². The third-order valence-electron chi connectivity index (χ3n) is 0. The minimum absolute atomic E-state index is 0. The zero-order chi connectivity index (χ0) is 2.00. The van der Waals surface area contributed by atoms with Crippen molar-refractivity contribution in [2.75, 3.05) is 0 Å². The second kappa shape index (κ2) is 45.7. The van der Waals surface area contributed by atoms with Crippen molar-refractivity contribution in [2.24, 2.45) is 0 Å². The Bertz CT molecular complexity index is 6.00. The summed E-state index contributed by atoms with van der Waals surface area (Å²) in [4.78, 5) is 0. The van der Waals surface area contributed by atoms with Gasteiger partial charge >= 0.3 is 19.8 Å². The topological polar surface area (TPSA) is 48.6 Å². The maximum atomic E-state index is 8.00. The molecule has 0 aliphatic carbocycles. The summed E-state index contributed by atoms with van der Waals surface area (Å²) in [5.41, 5.74) is 0. The monoisotopic (exact) mass is 120 g/mol. The van der Waals surface area contributed by atoms with Gasteiger partial charge in [-0.2, -0.15) is 0 Å². The fourth-order valence-electron chi connectivity index (χ4n) is 0. The molecule has 0 aliphatic rings. The SMILES string of the molecule is O.[AlH3].[O]=[Fe]. The van der Waals surface area contributed by atoms with E-state index in [1.54, 1.807) is 0 Å². The first-order valence-electron chi connectivity index (χ1n) is 0.144. The first kappa shape index (κ1) is 21.3. The van der Waals surface area contributed by atoms with E-state index >= 15 is 0 Å². The zero-order valence-electron chi connectivity index (χ0n) is 1.26. The summed E-state index contributed by atoms with van der Waals surface area (Å²) in [5.74, 6) is 0. The van der Waals surface area contributed by atoms with Crippen LogP contribution in [0.5, 0.6) is 0 Å². The van der Waals surface area contributed by atoms with E-state index in [1.165, 1.54) is 0 Å². The van der Waals surface area contributed by atoms with Crippen molar-refractivity contribution < 1.29 is 25.3 Å². The molecule has 0 spiro atoms. The summed E-state index contributed by atoms with van der Waals surface area (Å²) >= 11 is 2.00. The third-order valence-corrected chi connectivity index (χ3v) is 0. The second-order valence-electron chi connectivity index (χ2n) is 0. The van der Waals surface area contributed by atoms with Crippen LogP contribution >= 0.6 is 0 Å². The molecule has 0 radical (unpaired) electrons. The van der Waals surface area contributed by atoms with E-state index in [9.17, 15) is 0 Å². The Hall–Kier alpha value is 0.812. The molecule has 28 valence electrons. The van der Waals surface area contributed by atoms with Crippen molar-refractivity contribution in [3.8, 4) is 0 Å². The summed E-state index contributed by atoms with van der Waals surface area (Å²) in [6.07, 6.45) is 0. The van der Waals surface area contributed by atoms with Gasteiger partial charge in [0.05, 0.1) is 0 Å². The molecule has 0 amide bonds. The van der Waals surface area contributed by atoms with Gasteiger partial charge in [-0.15, -0.1) is 0 Å². The van der Waals surface area contributed by atoms with E-state index in [-0.39, 0.29) is 22.8 Å². The molecule has 4 heavy (non-hydrogen) atoms. The first-order valence-corrected chi connectivity index (χ1v) is 0.595. The van der Waals surface area contributed by atoms with Crippen molar-refractivity contribution in [3.05, 3.63) is 0 Å². The molecule has 0 aliphatic heterocycles. The molecule has 0 atom stereocenters. The van der Waals surface area contributed by atoms with Gasteiger partial charge in [-0.05, 0) is 0 Å². The molecule has 0 bridgehead atoms. The van der Waals surface area contributed by atoms with E-state index in [2.05, 4.69) is 0 Å². The Morgan fingerprint density at radius 1 is 1.25 bits per heavy atom. The van der Waals surface area contributed by atoms with Crippen LogP contribution in [0.1, 0.15) is 0 Å².